The highest BCUT2D eigenvalue weighted by Gasteiger charge is 2.27. The third-order valence-electron chi connectivity index (χ3n) is 4.93. The molecule has 1 aliphatic rings. The quantitative estimate of drug-likeness (QED) is 0.694. The van der Waals surface area contributed by atoms with Crippen LogP contribution in [-0.4, -0.2) is 41.9 Å². The number of carbonyl (C=O) groups is 1. The molecule has 2 heterocycles. The summed E-state index contributed by atoms with van der Waals surface area (Å²) >= 11 is 6.06. The van der Waals surface area contributed by atoms with E-state index in [0.717, 1.165) is 22.4 Å². The summed E-state index contributed by atoms with van der Waals surface area (Å²) in [5.74, 6) is -0.933. The van der Waals surface area contributed by atoms with Gasteiger partial charge in [0, 0.05) is 36.4 Å². The Morgan fingerprint density at radius 3 is 2.36 bits per heavy atom. The van der Waals surface area contributed by atoms with Crippen molar-refractivity contribution in [3.63, 3.8) is 0 Å². The third kappa shape index (κ3) is 3.77. The maximum Gasteiger partial charge on any atom is 0.354 e. The van der Waals surface area contributed by atoms with Gasteiger partial charge in [-0.2, -0.15) is 0 Å². The molecular formula is C22H21ClN2O3. The van der Waals surface area contributed by atoms with Gasteiger partial charge in [0.05, 0.1) is 18.9 Å². The fourth-order valence-corrected chi connectivity index (χ4v) is 3.75. The van der Waals surface area contributed by atoms with E-state index in [1.165, 1.54) is 0 Å². The predicted octanol–water partition coefficient (Wildman–Crippen LogP) is 4.39. The molecule has 0 saturated carbocycles. The number of halogens is 1. The number of aromatic carboxylic acids is 1. The summed E-state index contributed by atoms with van der Waals surface area (Å²) in [4.78, 5) is 14.4. The molecule has 0 bridgehead atoms. The second kappa shape index (κ2) is 8.09. The SMILES string of the molecule is O=C(O)c1c(N2CCOCC2)c(-c2ccc(Cl)cc2)cn1Cc1ccccc1. The summed E-state index contributed by atoms with van der Waals surface area (Å²) in [7, 11) is 0. The molecule has 0 atom stereocenters. The van der Waals surface area contributed by atoms with Crippen LogP contribution >= 0.6 is 11.6 Å². The van der Waals surface area contributed by atoms with E-state index in [2.05, 4.69) is 4.90 Å². The first-order valence-electron chi connectivity index (χ1n) is 9.22. The molecule has 1 N–H and O–H groups in total. The topological polar surface area (TPSA) is 54.7 Å². The summed E-state index contributed by atoms with van der Waals surface area (Å²) in [5.41, 5.74) is 3.94. The fraction of sp³-hybridized carbons (Fsp3) is 0.227. The van der Waals surface area contributed by atoms with Crippen molar-refractivity contribution in [2.75, 3.05) is 31.2 Å². The van der Waals surface area contributed by atoms with E-state index in [9.17, 15) is 9.90 Å². The van der Waals surface area contributed by atoms with Crippen molar-refractivity contribution in [3.05, 3.63) is 77.1 Å². The third-order valence-corrected chi connectivity index (χ3v) is 5.18. The molecule has 28 heavy (non-hydrogen) atoms. The zero-order valence-corrected chi connectivity index (χ0v) is 16.1. The van der Waals surface area contributed by atoms with Crippen LogP contribution < -0.4 is 4.90 Å². The Hall–Kier alpha value is -2.76. The van der Waals surface area contributed by atoms with Crippen molar-refractivity contribution in [1.82, 2.24) is 4.57 Å². The number of hydrogen-bond acceptors (Lipinski definition) is 3. The van der Waals surface area contributed by atoms with Crippen LogP contribution in [0.5, 0.6) is 0 Å². The lowest BCUT2D eigenvalue weighted by Gasteiger charge is -2.30. The Kier molecular flexibility index (Phi) is 5.37. The average molecular weight is 397 g/mol. The van der Waals surface area contributed by atoms with Crippen LogP contribution in [0.25, 0.3) is 11.1 Å². The molecule has 1 fully saturated rings. The van der Waals surface area contributed by atoms with Crippen molar-refractivity contribution in [1.29, 1.82) is 0 Å². The van der Waals surface area contributed by atoms with Crippen LogP contribution in [0.1, 0.15) is 16.1 Å². The lowest BCUT2D eigenvalue weighted by molar-refractivity contribution is 0.0685. The summed E-state index contributed by atoms with van der Waals surface area (Å²) < 4.78 is 7.30. The van der Waals surface area contributed by atoms with Crippen LogP contribution in [0.15, 0.2) is 60.8 Å². The molecule has 5 nitrogen and oxygen atoms in total. The largest absolute Gasteiger partial charge is 0.477 e. The highest BCUT2D eigenvalue weighted by atomic mass is 35.5. The molecule has 0 amide bonds. The lowest BCUT2D eigenvalue weighted by Crippen LogP contribution is -2.37. The first-order valence-corrected chi connectivity index (χ1v) is 9.60. The van der Waals surface area contributed by atoms with Crippen LogP contribution in [-0.2, 0) is 11.3 Å². The molecule has 1 saturated heterocycles. The van der Waals surface area contributed by atoms with Gasteiger partial charge in [0.25, 0.3) is 0 Å². The molecule has 6 heteroatoms. The molecule has 1 aliphatic heterocycles. The minimum atomic E-state index is -0.933. The maximum absolute atomic E-state index is 12.3. The Labute approximate surface area is 168 Å². The number of benzene rings is 2. The van der Waals surface area contributed by atoms with Crippen LogP contribution in [0.4, 0.5) is 5.69 Å². The van der Waals surface area contributed by atoms with Gasteiger partial charge in [0.1, 0.15) is 0 Å². The highest BCUT2D eigenvalue weighted by molar-refractivity contribution is 6.30. The Morgan fingerprint density at radius 1 is 1.04 bits per heavy atom. The second-order valence-electron chi connectivity index (χ2n) is 6.76. The number of carboxylic acid groups (broad SMARTS) is 1. The zero-order chi connectivity index (χ0) is 19.5. The van der Waals surface area contributed by atoms with Gasteiger partial charge in [-0.15, -0.1) is 0 Å². The van der Waals surface area contributed by atoms with Gasteiger partial charge < -0.3 is 19.3 Å². The standard InChI is InChI=1S/C22H21ClN2O3/c23-18-8-6-17(7-9-18)19-15-25(14-16-4-2-1-3-5-16)21(22(26)27)20(19)24-10-12-28-13-11-24/h1-9,15H,10-14H2,(H,26,27). The number of ether oxygens (including phenoxy) is 1. The second-order valence-corrected chi connectivity index (χ2v) is 7.20. The van der Waals surface area contributed by atoms with Gasteiger partial charge >= 0.3 is 5.97 Å². The predicted molar refractivity (Wildman–Crippen MR) is 110 cm³/mol. The van der Waals surface area contributed by atoms with Crippen molar-refractivity contribution in [2.24, 2.45) is 0 Å². The molecule has 0 spiro atoms. The number of carboxylic acids is 1. The summed E-state index contributed by atoms with van der Waals surface area (Å²) in [5, 5.41) is 10.7. The van der Waals surface area contributed by atoms with E-state index in [-0.39, 0.29) is 0 Å². The van der Waals surface area contributed by atoms with Crippen LogP contribution in [0, 0.1) is 0 Å². The van der Waals surface area contributed by atoms with Crippen LogP contribution in [0.2, 0.25) is 5.02 Å². The minimum absolute atomic E-state index is 0.302. The number of hydrogen-bond donors (Lipinski definition) is 1. The zero-order valence-electron chi connectivity index (χ0n) is 15.3. The number of rotatable bonds is 5. The number of morpholine rings is 1. The Morgan fingerprint density at radius 2 is 1.71 bits per heavy atom. The van der Waals surface area contributed by atoms with Crippen molar-refractivity contribution >= 4 is 23.3 Å². The van der Waals surface area contributed by atoms with Crippen molar-refractivity contribution in [2.45, 2.75) is 6.54 Å². The number of anilines is 1. The van der Waals surface area contributed by atoms with Crippen molar-refractivity contribution < 1.29 is 14.6 Å². The van der Waals surface area contributed by atoms with Gasteiger partial charge in [-0.3, -0.25) is 0 Å². The van der Waals surface area contributed by atoms with E-state index in [0.29, 0.717) is 43.6 Å². The normalized spacial score (nSPS) is 14.2. The fourth-order valence-electron chi connectivity index (χ4n) is 3.62. The van der Waals surface area contributed by atoms with Crippen LogP contribution in [0.3, 0.4) is 0 Å². The molecular weight excluding hydrogens is 376 g/mol. The van der Waals surface area contributed by atoms with E-state index >= 15 is 0 Å². The molecule has 144 valence electrons. The van der Waals surface area contributed by atoms with E-state index in [1.807, 2.05) is 65.4 Å². The van der Waals surface area contributed by atoms with E-state index in [1.54, 1.807) is 0 Å². The molecule has 1 aromatic heterocycles. The summed E-state index contributed by atoms with van der Waals surface area (Å²) in [6.07, 6.45) is 1.94. The molecule has 4 rings (SSSR count). The smallest absolute Gasteiger partial charge is 0.354 e. The highest BCUT2D eigenvalue weighted by Crippen LogP contribution is 2.37. The van der Waals surface area contributed by atoms with E-state index < -0.39 is 5.97 Å². The Bertz CT molecular complexity index is 961. The monoisotopic (exact) mass is 396 g/mol. The lowest BCUT2D eigenvalue weighted by atomic mass is 10.1. The summed E-state index contributed by atoms with van der Waals surface area (Å²) in [6, 6.07) is 17.4. The Balaban J connectivity index is 1.86. The van der Waals surface area contributed by atoms with Crippen molar-refractivity contribution in [3.8, 4) is 11.1 Å². The van der Waals surface area contributed by atoms with Gasteiger partial charge in [-0.1, -0.05) is 54.1 Å². The summed E-state index contributed by atoms with van der Waals surface area (Å²) in [6.45, 7) is 2.99. The molecule has 3 aromatic rings. The molecule has 0 unspecified atom stereocenters. The average Bonchev–Trinajstić information content (AvgIpc) is 3.09. The van der Waals surface area contributed by atoms with E-state index in [4.69, 9.17) is 16.3 Å². The first kappa shape index (κ1) is 18.6. The van der Waals surface area contributed by atoms with Gasteiger partial charge in [0.15, 0.2) is 5.69 Å². The maximum atomic E-state index is 12.3. The first-order chi connectivity index (χ1) is 13.6. The minimum Gasteiger partial charge on any atom is -0.477 e. The van der Waals surface area contributed by atoms with Gasteiger partial charge in [0.2, 0.25) is 0 Å². The molecule has 2 aromatic carbocycles. The van der Waals surface area contributed by atoms with Gasteiger partial charge in [-0.05, 0) is 23.3 Å². The number of aromatic nitrogens is 1. The number of nitrogens with zero attached hydrogens (tertiary/aromatic N) is 2. The molecule has 0 aliphatic carbocycles. The van der Waals surface area contributed by atoms with Gasteiger partial charge in [-0.25, -0.2) is 4.79 Å². The molecule has 0 radical (unpaired) electrons.